The Morgan fingerprint density at radius 1 is 0.933 bits per heavy atom. The van der Waals surface area contributed by atoms with Gasteiger partial charge in [-0.25, -0.2) is 4.98 Å². The SMILES string of the molecule is Brc1cccc(Nc2ccccc2Br)n1. The van der Waals surface area contributed by atoms with E-state index in [1.54, 1.807) is 0 Å². The lowest BCUT2D eigenvalue weighted by molar-refractivity contribution is 1.26. The zero-order valence-corrected chi connectivity index (χ0v) is 10.9. The Bertz CT molecular complexity index is 472. The third-order valence-corrected chi connectivity index (χ3v) is 2.98. The number of anilines is 2. The predicted octanol–water partition coefficient (Wildman–Crippen LogP) is 4.35. The van der Waals surface area contributed by atoms with Crippen molar-refractivity contribution in [3.63, 3.8) is 0 Å². The molecule has 1 aromatic heterocycles. The van der Waals surface area contributed by atoms with Crippen LogP contribution in [0.25, 0.3) is 0 Å². The van der Waals surface area contributed by atoms with Crippen LogP contribution in [-0.4, -0.2) is 4.98 Å². The number of hydrogen-bond acceptors (Lipinski definition) is 2. The molecular formula is C11H8Br2N2. The molecule has 0 spiro atoms. The van der Waals surface area contributed by atoms with Crippen LogP contribution in [0.4, 0.5) is 11.5 Å². The van der Waals surface area contributed by atoms with Crippen LogP contribution in [-0.2, 0) is 0 Å². The predicted molar refractivity (Wildman–Crippen MR) is 69.4 cm³/mol. The number of pyridine rings is 1. The summed E-state index contributed by atoms with van der Waals surface area (Å²) >= 11 is 6.80. The van der Waals surface area contributed by atoms with E-state index >= 15 is 0 Å². The Hall–Kier alpha value is -0.870. The maximum absolute atomic E-state index is 4.29. The number of rotatable bonds is 2. The summed E-state index contributed by atoms with van der Waals surface area (Å²) in [6.45, 7) is 0. The molecule has 15 heavy (non-hydrogen) atoms. The molecule has 0 aliphatic rings. The van der Waals surface area contributed by atoms with Crippen molar-refractivity contribution in [2.45, 2.75) is 0 Å². The van der Waals surface area contributed by atoms with E-state index in [9.17, 15) is 0 Å². The largest absolute Gasteiger partial charge is 0.339 e. The fourth-order valence-corrected chi connectivity index (χ4v) is 1.91. The summed E-state index contributed by atoms with van der Waals surface area (Å²) in [5.41, 5.74) is 1.00. The average molecular weight is 328 g/mol. The van der Waals surface area contributed by atoms with Crippen molar-refractivity contribution in [1.82, 2.24) is 4.98 Å². The van der Waals surface area contributed by atoms with Crippen molar-refractivity contribution < 1.29 is 0 Å². The highest BCUT2D eigenvalue weighted by molar-refractivity contribution is 9.10. The van der Waals surface area contributed by atoms with Gasteiger partial charge in [-0.15, -0.1) is 0 Å². The summed E-state index contributed by atoms with van der Waals surface area (Å²) in [4.78, 5) is 4.29. The summed E-state index contributed by atoms with van der Waals surface area (Å²) in [5.74, 6) is 0.816. The van der Waals surface area contributed by atoms with Crippen molar-refractivity contribution in [2.75, 3.05) is 5.32 Å². The fourth-order valence-electron chi connectivity index (χ4n) is 1.18. The van der Waals surface area contributed by atoms with Crippen LogP contribution >= 0.6 is 31.9 Å². The Morgan fingerprint density at radius 2 is 1.73 bits per heavy atom. The van der Waals surface area contributed by atoms with Crippen LogP contribution in [0.5, 0.6) is 0 Å². The van der Waals surface area contributed by atoms with Crippen molar-refractivity contribution in [1.29, 1.82) is 0 Å². The Balaban J connectivity index is 2.26. The van der Waals surface area contributed by atoms with Crippen LogP contribution < -0.4 is 5.32 Å². The summed E-state index contributed by atoms with van der Waals surface area (Å²) in [5, 5.41) is 3.23. The molecule has 0 saturated carbocycles. The molecule has 1 heterocycles. The van der Waals surface area contributed by atoms with Crippen LogP contribution in [0.15, 0.2) is 51.5 Å². The molecule has 0 aliphatic carbocycles. The second-order valence-corrected chi connectivity index (χ2v) is 4.62. The van der Waals surface area contributed by atoms with E-state index in [-0.39, 0.29) is 0 Å². The van der Waals surface area contributed by atoms with Crippen molar-refractivity contribution in [2.24, 2.45) is 0 Å². The fraction of sp³-hybridized carbons (Fsp3) is 0. The molecule has 2 aromatic rings. The molecule has 1 N–H and O–H groups in total. The molecule has 0 bridgehead atoms. The molecule has 0 saturated heterocycles. The van der Waals surface area contributed by atoms with Crippen molar-refractivity contribution in [3.8, 4) is 0 Å². The summed E-state index contributed by atoms with van der Waals surface area (Å²) in [7, 11) is 0. The first-order valence-electron chi connectivity index (χ1n) is 4.40. The van der Waals surface area contributed by atoms with Gasteiger partial charge in [-0.3, -0.25) is 0 Å². The molecule has 2 rings (SSSR count). The molecule has 2 nitrogen and oxygen atoms in total. The molecular weight excluding hydrogens is 320 g/mol. The minimum absolute atomic E-state index is 0.816. The Kier molecular flexibility index (Phi) is 3.38. The van der Waals surface area contributed by atoms with Crippen LogP contribution in [0.2, 0.25) is 0 Å². The third-order valence-electron chi connectivity index (χ3n) is 1.85. The van der Waals surface area contributed by atoms with E-state index in [1.165, 1.54) is 0 Å². The number of nitrogens with zero attached hydrogens (tertiary/aromatic N) is 1. The highest BCUT2D eigenvalue weighted by Crippen LogP contribution is 2.24. The quantitative estimate of drug-likeness (QED) is 0.829. The second-order valence-electron chi connectivity index (χ2n) is 2.95. The van der Waals surface area contributed by atoms with Gasteiger partial charge in [0.15, 0.2) is 0 Å². The molecule has 4 heteroatoms. The summed E-state index contributed by atoms with van der Waals surface area (Å²) in [6.07, 6.45) is 0. The van der Waals surface area contributed by atoms with Gasteiger partial charge < -0.3 is 5.32 Å². The molecule has 0 atom stereocenters. The lowest BCUT2D eigenvalue weighted by atomic mass is 10.3. The zero-order valence-electron chi connectivity index (χ0n) is 7.74. The van der Waals surface area contributed by atoms with Gasteiger partial charge in [0.05, 0.1) is 5.69 Å². The molecule has 0 fully saturated rings. The summed E-state index contributed by atoms with van der Waals surface area (Å²) < 4.78 is 1.84. The van der Waals surface area contributed by atoms with Gasteiger partial charge in [-0.05, 0) is 56.1 Å². The monoisotopic (exact) mass is 326 g/mol. The molecule has 76 valence electrons. The number of halogens is 2. The van der Waals surface area contributed by atoms with Gasteiger partial charge in [0.1, 0.15) is 10.4 Å². The first-order valence-corrected chi connectivity index (χ1v) is 5.98. The van der Waals surface area contributed by atoms with Gasteiger partial charge in [0.2, 0.25) is 0 Å². The number of para-hydroxylation sites is 1. The molecule has 0 unspecified atom stereocenters. The molecule has 0 aliphatic heterocycles. The van der Waals surface area contributed by atoms with E-state index in [1.807, 2.05) is 42.5 Å². The van der Waals surface area contributed by atoms with Gasteiger partial charge in [0.25, 0.3) is 0 Å². The van der Waals surface area contributed by atoms with Gasteiger partial charge in [-0.1, -0.05) is 18.2 Å². The van der Waals surface area contributed by atoms with Gasteiger partial charge >= 0.3 is 0 Å². The lowest BCUT2D eigenvalue weighted by Crippen LogP contribution is -1.93. The molecule has 0 radical (unpaired) electrons. The smallest absolute Gasteiger partial charge is 0.131 e. The first-order chi connectivity index (χ1) is 7.25. The Morgan fingerprint density at radius 3 is 2.47 bits per heavy atom. The minimum atomic E-state index is 0.816. The van der Waals surface area contributed by atoms with Crippen LogP contribution in [0.1, 0.15) is 0 Å². The minimum Gasteiger partial charge on any atom is -0.339 e. The van der Waals surface area contributed by atoms with Crippen molar-refractivity contribution >= 4 is 43.4 Å². The number of aromatic nitrogens is 1. The van der Waals surface area contributed by atoms with E-state index in [2.05, 4.69) is 42.2 Å². The Labute approximate surface area is 105 Å². The normalized spacial score (nSPS) is 10.0. The summed E-state index contributed by atoms with van der Waals surface area (Å²) in [6, 6.07) is 13.7. The van der Waals surface area contributed by atoms with E-state index < -0.39 is 0 Å². The maximum Gasteiger partial charge on any atom is 0.131 e. The lowest BCUT2D eigenvalue weighted by Gasteiger charge is -2.07. The average Bonchev–Trinajstić information content (AvgIpc) is 2.22. The maximum atomic E-state index is 4.29. The van der Waals surface area contributed by atoms with E-state index in [0.717, 1.165) is 20.6 Å². The van der Waals surface area contributed by atoms with E-state index in [0.29, 0.717) is 0 Å². The molecule has 0 amide bonds. The standard InChI is InChI=1S/C11H8Br2N2/c12-8-4-1-2-5-9(8)14-11-7-3-6-10(13)15-11/h1-7H,(H,14,15). The zero-order chi connectivity index (χ0) is 10.7. The number of nitrogens with one attached hydrogen (secondary N) is 1. The van der Waals surface area contributed by atoms with Gasteiger partial charge in [-0.2, -0.15) is 0 Å². The topological polar surface area (TPSA) is 24.9 Å². The van der Waals surface area contributed by atoms with E-state index in [4.69, 9.17) is 0 Å². The number of benzene rings is 1. The highest BCUT2D eigenvalue weighted by atomic mass is 79.9. The van der Waals surface area contributed by atoms with Crippen LogP contribution in [0, 0.1) is 0 Å². The first kappa shape index (κ1) is 10.6. The van der Waals surface area contributed by atoms with Gasteiger partial charge in [0, 0.05) is 4.47 Å². The number of hydrogen-bond donors (Lipinski definition) is 1. The second kappa shape index (κ2) is 4.77. The van der Waals surface area contributed by atoms with Crippen molar-refractivity contribution in [3.05, 3.63) is 51.5 Å². The molecule has 1 aromatic carbocycles. The third kappa shape index (κ3) is 2.79. The highest BCUT2D eigenvalue weighted by Gasteiger charge is 1.99. The van der Waals surface area contributed by atoms with Crippen LogP contribution in [0.3, 0.4) is 0 Å².